The summed E-state index contributed by atoms with van der Waals surface area (Å²) in [4.78, 5) is 23.0. The highest BCUT2D eigenvalue weighted by atomic mass is 19.3. The Bertz CT molecular complexity index is 995. The Balaban J connectivity index is 1.36. The molecule has 1 aliphatic heterocycles. The summed E-state index contributed by atoms with van der Waals surface area (Å²) in [6.07, 6.45) is 1.51. The van der Waals surface area contributed by atoms with Gasteiger partial charge in [-0.25, -0.2) is 9.97 Å². The summed E-state index contributed by atoms with van der Waals surface area (Å²) in [5.74, 6) is 0.371. The van der Waals surface area contributed by atoms with Gasteiger partial charge in [-0.3, -0.25) is 4.79 Å². The molecule has 1 fully saturated rings. The van der Waals surface area contributed by atoms with E-state index in [-0.39, 0.29) is 17.6 Å². The van der Waals surface area contributed by atoms with Gasteiger partial charge in [0.1, 0.15) is 17.9 Å². The summed E-state index contributed by atoms with van der Waals surface area (Å²) in [7, 11) is 0. The van der Waals surface area contributed by atoms with Gasteiger partial charge in [0.15, 0.2) is 0 Å². The van der Waals surface area contributed by atoms with Crippen molar-refractivity contribution in [3.8, 4) is 17.0 Å². The first-order chi connectivity index (χ1) is 14.1. The molecule has 0 aliphatic carbocycles. The van der Waals surface area contributed by atoms with Crippen molar-refractivity contribution in [1.29, 1.82) is 0 Å². The van der Waals surface area contributed by atoms with Gasteiger partial charge >= 0.3 is 6.61 Å². The average Bonchev–Trinajstić information content (AvgIpc) is 2.67. The zero-order chi connectivity index (χ0) is 20.2. The number of carbonyl (C=O) groups is 1. The van der Waals surface area contributed by atoms with Crippen LogP contribution in [0.25, 0.3) is 11.3 Å². The molecule has 1 N–H and O–H groups in total. The van der Waals surface area contributed by atoms with Crippen LogP contribution in [0.15, 0.2) is 67.0 Å². The highest BCUT2D eigenvalue weighted by Gasteiger charge is 2.33. The van der Waals surface area contributed by atoms with E-state index in [0.717, 1.165) is 17.1 Å². The topological polar surface area (TPSA) is 67.3 Å². The van der Waals surface area contributed by atoms with Crippen molar-refractivity contribution in [2.45, 2.75) is 6.61 Å². The number of nitrogens with zero attached hydrogens (tertiary/aromatic N) is 3. The molecule has 1 saturated heterocycles. The lowest BCUT2D eigenvalue weighted by Crippen LogP contribution is -2.52. The predicted octanol–water partition coefficient (Wildman–Crippen LogP) is 3.82. The van der Waals surface area contributed by atoms with Gasteiger partial charge in [0.25, 0.3) is 0 Å². The molecular formula is C21H18F2N4O2. The van der Waals surface area contributed by atoms with E-state index in [1.165, 1.54) is 18.5 Å². The third kappa shape index (κ3) is 4.48. The van der Waals surface area contributed by atoms with Crippen LogP contribution in [0.4, 0.5) is 20.3 Å². The third-order valence-corrected chi connectivity index (χ3v) is 4.63. The minimum absolute atomic E-state index is 0.00228. The fraction of sp³-hybridized carbons (Fsp3) is 0.190. The van der Waals surface area contributed by atoms with E-state index < -0.39 is 6.61 Å². The number of amides is 1. The van der Waals surface area contributed by atoms with Crippen molar-refractivity contribution < 1.29 is 18.3 Å². The molecule has 8 heteroatoms. The molecule has 4 rings (SSSR count). The van der Waals surface area contributed by atoms with Gasteiger partial charge in [-0.05, 0) is 12.1 Å². The largest absolute Gasteiger partial charge is 0.435 e. The van der Waals surface area contributed by atoms with Crippen LogP contribution in [-0.4, -0.2) is 35.6 Å². The molecule has 1 aromatic heterocycles. The van der Waals surface area contributed by atoms with Crippen molar-refractivity contribution in [1.82, 2.24) is 9.97 Å². The van der Waals surface area contributed by atoms with Gasteiger partial charge in [0, 0.05) is 36.5 Å². The molecule has 2 heterocycles. The Hall–Kier alpha value is -3.55. The highest BCUT2D eigenvalue weighted by Crippen LogP contribution is 2.27. The number of carbonyl (C=O) groups excluding carboxylic acids is 1. The number of ether oxygens (including phenoxy) is 1. The molecule has 3 aromatic rings. The molecule has 2 aromatic carbocycles. The van der Waals surface area contributed by atoms with Crippen LogP contribution in [0.5, 0.6) is 5.75 Å². The van der Waals surface area contributed by atoms with Crippen molar-refractivity contribution >= 4 is 17.4 Å². The number of alkyl halides is 2. The van der Waals surface area contributed by atoms with E-state index in [4.69, 9.17) is 0 Å². The van der Waals surface area contributed by atoms with Gasteiger partial charge in [0.05, 0.1) is 11.6 Å². The summed E-state index contributed by atoms with van der Waals surface area (Å²) >= 11 is 0. The Morgan fingerprint density at radius 1 is 1.07 bits per heavy atom. The number of nitrogens with one attached hydrogen (secondary N) is 1. The first-order valence-electron chi connectivity index (χ1n) is 9.06. The van der Waals surface area contributed by atoms with Crippen molar-refractivity contribution in [2.24, 2.45) is 5.92 Å². The summed E-state index contributed by atoms with van der Waals surface area (Å²) < 4.78 is 29.0. The molecule has 29 heavy (non-hydrogen) atoms. The standard InChI is InChI=1S/C21H18F2N4O2/c22-21(23)29-17-8-4-7-16(9-17)26-20(28)15-11-27(12-15)19-10-18(24-13-25-19)14-5-2-1-3-6-14/h1-10,13,15,21H,11-12H2,(H,26,28). The number of hydrogen-bond donors (Lipinski definition) is 1. The number of aromatic nitrogens is 2. The normalized spacial score (nSPS) is 13.8. The van der Waals surface area contributed by atoms with Crippen LogP contribution < -0.4 is 15.0 Å². The second-order valence-electron chi connectivity index (χ2n) is 6.62. The van der Waals surface area contributed by atoms with Gasteiger partial charge in [-0.1, -0.05) is 36.4 Å². The molecule has 6 nitrogen and oxygen atoms in total. The Kier molecular flexibility index (Phi) is 5.33. The fourth-order valence-electron chi connectivity index (χ4n) is 3.11. The highest BCUT2D eigenvalue weighted by molar-refractivity contribution is 5.94. The van der Waals surface area contributed by atoms with Crippen LogP contribution >= 0.6 is 0 Å². The van der Waals surface area contributed by atoms with Crippen LogP contribution in [0.1, 0.15) is 0 Å². The van der Waals surface area contributed by atoms with E-state index >= 15 is 0 Å². The number of benzene rings is 2. The maximum atomic E-state index is 12.4. The first-order valence-corrected chi connectivity index (χ1v) is 9.06. The minimum atomic E-state index is -2.91. The number of rotatable bonds is 6. The summed E-state index contributed by atoms with van der Waals surface area (Å²) in [6, 6.07) is 17.6. The zero-order valence-corrected chi connectivity index (χ0v) is 15.3. The van der Waals surface area contributed by atoms with Crippen LogP contribution in [0.3, 0.4) is 0 Å². The van der Waals surface area contributed by atoms with Gasteiger partial charge in [-0.15, -0.1) is 0 Å². The molecule has 0 radical (unpaired) electrons. The van der Waals surface area contributed by atoms with Gasteiger partial charge in [0.2, 0.25) is 5.91 Å². The molecule has 0 bridgehead atoms. The van der Waals surface area contributed by atoms with Crippen molar-refractivity contribution in [3.05, 3.63) is 67.0 Å². The summed E-state index contributed by atoms with van der Waals surface area (Å²) in [5.41, 5.74) is 2.23. The third-order valence-electron chi connectivity index (χ3n) is 4.63. The lowest BCUT2D eigenvalue weighted by atomic mass is 9.99. The molecule has 148 valence electrons. The Labute approximate surface area is 166 Å². The number of halogens is 2. The van der Waals surface area contributed by atoms with Crippen LogP contribution in [0.2, 0.25) is 0 Å². The zero-order valence-electron chi connectivity index (χ0n) is 15.3. The maximum Gasteiger partial charge on any atom is 0.387 e. The smallest absolute Gasteiger partial charge is 0.387 e. The molecule has 1 amide bonds. The SMILES string of the molecule is O=C(Nc1cccc(OC(F)F)c1)C1CN(c2cc(-c3ccccc3)ncn2)C1. The fourth-order valence-corrected chi connectivity index (χ4v) is 3.11. The van der Waals surface area contributed by atoms with Crippen molar-refractivity contribution in [3.63, 3.8) is 0 Å². The first kappa shape index (κ1) is 18.8. The molecule has 0 unspecified atom stereocenters. The van der Waals surface area contributed by atoms with E-state index in [1.54, 1.807) is 12.1 Å². The van der Waals surface area contributed by atoms with Crippen LogP contribution in [0, 0.1) is 5.92 Å². The van der Waals surface area contributed by atoms with E-state index in [0.29, 0.717) is 18.8 Å². The second kappa shape index (κ2) is 8.22. The predicted molar refractivity (Wildman–Crippen MR) is 105 cm³/mol. The number of hydrogen-bond acceptors (Lipinski definition) is 5. The quantitative estimate of drug-likeness (QED) is 0.686. The van der Waals surface area contributed by atoms with Gasteiger partial charge < -0.3 is 15.0 Å². The number of anilines is 2. The van der Waals surface area contributed by atoms with E-state index in [9.17, 15) is 13.6 Å². The Morgan fingerprint density at radius 3 is 2.62 bits per heavy atom. The lowest BCUT2D eigenvalue weighted by molar-refractivity contribution is -0.120. The molecule has 0 saturated carbocycles. The minimum Gasteiger partial charge on any atom is -0.435 e. The van der Waals surface area contributed by atoms with Crippen LogP contribution in [-0.2, 0) is 4.79 Å². The second-order valence-corrected chi connectivity index (χ2v) is 6.62. The lowest BCUT2D eigenvalue weighted by Gasteiger charge is -2.39. The van der Waals surface area contributed by atoms with Crippen molar-refractivity contribution in [2.75, 3.05) is 23.3 Å². The summed E-state index contributed by atoms with van der Waals surface area (Å²) in [5, 5.41) is 2.74. The molecule has 0 atom stereocenters. The monoisotopic (exact) mass is 396 g/mol. The van der Waals surface area contributed by atoms with E-state index in [2.05, 4.69) is 20.0 Å². The molecular weight excluding hydrogens is 378 g/mol. The Morgan fingerprint density at radius 2 is 1.86 bits per heavy atom. The van der Waals surface area contributed by atoms with Gasteiger partial charge in [-0.2, -0.15) is 8.78 Å². The summed E-state index contributed by atoms with van der Waals surface area (Å²) in [6.45, 7) is -1.87. The molecule has 0 spiro atoms. The molecule has 1 aliphatic rings. The van der Waals surface area contributed by atoms with E-state index in [1.807, 2.05) is 41.3 Å². The maximum absolute atomic E-state index is 12.4. The average molecular weight is 396 g/mol.